The van der Waals surface area contributed by atoms with Crippen LogP contribution in [0.3, 0.4) is 0 Å². The van der Waals surface area contributed by atoms with Crippen molar-refractivity contribution >= 4 is 45.3 Å². The summed E-state index contributed by atoms with van der Waals surface area (Å²) in [5.41, 5.74) is 0.256. The standard InChI is InChI=1S/C14H13ClO3S/c1-14(2,3)18-13(17)9-7-19-12-10(15)5-4-8(6-16)11(9)12/h4-7H,1-3H3. The lowest BCUT2D eigenvalue weighted by molar-refractivity contribution is 0.00723. The van der Waals surface area contributed by atoms with Crippen LogP contribution in [0.15, 0.2) is 17.5 Å². The van der Waals surface area contributed by atoms with Gasteiger partial charge in [-0.25, -0.2) is 4.79 Å². The van der Waals surface area contributed by atoms with E-state index in [0.29, 0.717) is 21.5 Å². The number of thiophene rings is 1. The Bertz CT molecular complexity index is 652. The molecule has 1 aromatic heterocycles. The van der Waals surface area contributed by atoms with Gasteiger partial charge in [0.15, 0.2) is 6.29 Å². The Hall–Kier alpha value is -1.39. The molecule has 2 rings (SSSR count). The second kappa shape index (κ2) is 4.94. The number of ether oxygens (including phenoxy) is 1. The van der Waals surface area contributed by atoms with Crippen LogP contribution in [0.25, 0.3) is 10.1 Å². The zero-order valence-corrected chi connectivity index (χ0v) is 12.4. The molecule has 0 saturated heterocycles. The van der Waals surface area contributed by atoms with Crippen molar-refractivity contribution in [1.82, 2.24) is 0 Å². The summed E-state index contributed by atoms with van der Waals surface area (Å²) in [6, 6.07) is 3.27. The first kappa shape index (κ1) is 14.0. The van der Waals surface area contributed by atoms with Crippen LogP contribution >= 0.6 is 22.9 Å². The van der Waals surface area contributed by atoms with Gasteiger partial charge < -0.3 is 4.74 Å². The number of benzene rings is 1. The summed E-state index contributed by atoms with van der Waals surface area (Å²) in [5, 5.41) is 2.78. The third-order valence-corrected chi connectivity index (χ3v) is 3.89. The van der Waals surface area contributed by atoms with Crippen LogP contribution in [-0.4, -0.2) is 17.9 Å². The zero-order chi connectivity index (χ0) is 14.2. The average molecular weight is 297 g/mol. The first-order valence-electron chi connectivity index (χ1n) is 5.71. The Morgan fingerprint density at radius 1 is 1.37 bits per heavy atom. The molecule has 0 unspecified atom stereocenters. The van der Waals surface area contributed by atoms with Crippen molar-refractivity contribution in [3.63, 3.8) is 0 Å². The smallest absolute Gasteiger partial charge is 0.340 e. The van der Waals surface area contributed by atoms with Crippen LogP contribution in [0.2, 0.25) is 5.02 Å². The number of rotatable bonds is 2. The predicted molar refractivity (Wildman–Crippen MR) is 77.4 cm³/mol. The van der Waals surface area contributed by atoms with Gasteiger partial charge in [-0.1, -0.05) is 11.6 Å². The number of fused-ring (bicyclic) bond motifs is 1. The normalized spacial score (nSPS) is 11.6. The van der Waals surface area contributed by atoms with E-state index in [9.17, 15) is 9.59 Å². The van der Waals surface area contributed by atoms with Gasteiger partial charge in [0.05, 0.1) is 15.3 Å². The van der Waals surface area contributed by atoms with Gasteiger partial charge in [0, 0.05) is 16.3 Å². The van der Waals surface area contributed by atoms with E-state index in [1.165, 1.54) is 11.3 Å². The van der Waals surface area contributed by atoms with E-state index < -0.39 is 11.6 Å². The monoisotopic (exact) mass is 296 g/mol. The van der Waals surface area contributed by atoms with E-state index in [1.54, 1.807) is 38.3 Å². The molecule has 0 aliphatic rings. The van der Waals surface area contributed by atoms with E-state index in [2.05, 4.69) is 0 Å². The largest absolute Gasteiger partial charge is 0.456 e. The molecule has 3 nitrogen and oxygen atoms in total. The van der Waals surface area contributed by atoms with E-state index in [-0.39, 0.29) is 0 Å². The summed E-state index contributed by atoms with van der Waals surface area (Å²) < 4.78 is 6.07. The second-order valence-corrected chi connectivity index (χ2v) is 6.40. The summed E-state index contributed by atoms with van der Waals surface area (Å²) >= 11 is 7.41. The Labute approximate surface area is 120 Å². The third-order valence-electron chi connectivity index (χ3n) is 2.45. The molecular weight excluding hydrogens is 284 g/mol. The maximum Gasteiger partial charge on any atom is 0.340 e. The first-order valence-corrected chi connectivity index (χ1v) is 6.97. The van der Waals surface area contributed by atoms with Crippen molar-refractivity contribution in [3.8, 4) is 0 Å². The Morgan fingerprint density at radius 3 is 2.63 bits per heavy atom. The lowest BCUT2D eigenvalue weighted by Crippen LogP contribution is -2.23. The van der Waals surface area contributed by atoms with E-state index in [4.69, 9.17) is 16.3 Å². The summed E-state index contributed by atoms with van der Waals surface area (Å²) in [6.07, 6.45) is 0.721. The Morgan fingerprint density at radius 2 is 2.05 bits per heavy atom. The number of hydrogen-bond acceptors (Lipinski definition) is 4. The molecule has 0 radical (unpaired) electrons. The highest BCUT2D eigenvalue weighted by atomic mass is 35.5. The highest BCUT2D eigenvalue weighted by Crippen LogP contribution is 2.35. The number of aldehydes is 1. The molecule has 1 heterocycles. The van der Waals surface area contributed by atoms with Gasteiger partial charge in [-0.2, -0.15) is 0 Å². The van der Waals surface area contributed by atoms with Crippen LogP contribution in [0.1, 0.15) is 41.5 Å². The number of halogens is 1. The van der Waals surface area contributed by atoms with Crippen LogP contribution < -0.4 is 0 Å². The summed E-state index contributed by atoms with van der Waals surface area (Å²) in [5.74, 6) is -0.441. The van der Waals surface area contributed by atoms with Gasteiger partial charge in [-0.15, -0.1) is 11.3 Å². The van der Waals surface area contributed by atoms with Gasteiger partial charge in [0.25, 0.3) is 0 Å². The number of hydrogen-bond donors (Lipinski definition) is 0. The molecule has 0 saturated carbocycles. The maximum atomic E-state index is 12.1. The van der Waals surface area contributed by atoms with Gasteiger partial charge in [0.1, 0.15) is 5.60 Å². The third kappa shape index (κ3) is 2.80. The summed E-state index contributed by atoms with van der Waals surface area (Å²) in [4.78, 5) is 23.2. The van der Waals surface area contributed by atoms with Crippen LogP contribution in [0.5, 0.6) is 0 Å². The highest BCUT2D eigenvalue weighted by molar-refractivity contribution is 7.18. The molecule has 1 aromatic carbocycles. The van der Waals surface area contributed by atoms with Crippen molar-refractivity contribution < 1.29 is 14.3 Å². The van der Waals surface area contributed by atoms with Gasteiger partial charge in [-0.3, -0.25) is 4.79 Å². The fourth-order valence-electron chi connectivity index (χ4n) is 1.72. The lowest BCUT2D eigenvalue weighted by atomic mass is 10.1. The summed E-state index contributed by atoms with van der Waals surface area (Å²) in [7, 11) is 0. The molecule has 19 heavy (non-hydrogen) atoms. The minimum atomic E-state index is -0.578. The molecule has 0 amide bonds. The van der Waals surface area contributed by atoms with E-state index in [1.807, 2.05) is 0 Å². The van der Waals surface area contributed by atoms with Crippen LogP contribution in [0.4, 0.5) is 0 Å². The molecule has 0 spiro atoms. The molecule has 0 aliphatic heterocycles. The fraction of sp³-hybridized carbons (Fsp3) is 0.286. The number of carbonyl (C=O) groups is 2. The van der Waals surface area contributed by atoms with Gasteiger partial charge in [0.2, 0.25) is 0 Å². The molecule has 0 N–H and O–H groups in total. The molecule has 2 aromatic rings. The molecule has 0 fully saturated rings. The second-order valence-electron chi connectivity index (χ2n) is 5.11. The van der Waals surface area contributed by atoms with Gasteiger partial charge in [-0.05, 0) is 32.9 Å². The van der Waals surface area contributed by atoms with Crippen molar-refractivity contribution in [2.24, 2.45) is 0 Å². The Kier molecular flexibility index (Phi) is 3.65. The van der Waals surface area contributed by atoms with Crippen molar-refractivity contribution in [3.05, 3.63) is 33.7 Å². The molecule has 0 bridgehead atoms. The topological polar surface area (TPSA) is 43.4 Å². The molecule has 5 heteroatoms. The zero-order valence-electron chi connectivity index (χ0n) is 10.8. The number of esters is 1. The van der Waals surface area contributed by atoms with E-state index in [0.717, 1.165) is 11.0 Å². The summed E-state index contributed by atoms with van der Waals surface area (Å²) in [6.45, 7) is 5.40. The molecule has 100 valence electrons. The predicted octanol–water partition coefficient (Wildman–Crippen LogP) is 4.32. The van der Waals surface area contributed by atoms with Crippen molar-refractivity contribution in [2.45, 2.75) is 26.4 Å². The van der Waals surface area contributed by atoms with Crippen LogP contribution in [0, 0.1) is 0 Å². The van der Waals surface area contributed by atoms with Crippen molar-refractivity contribution in [2.75, 3.05) is 0 Å². The molecule has 0 aliphatic carbocycles. The lowest BCUT2D eigenvalue weighted by Gasteiger charge is -2.19. The Balaban J connectivity index is 2.59. The molecular formula is C14H13ClO3S. The molecule has 0 atom stereocenters. The van der Waals surface area contributed by atoms with E-state index >= 15 is 0 Å². The van der Waals surface area contributed by atoms with Crippen molar-refractivity contribution in [1.29, 1.82) is 0 Å². The first-order chi connectivity index (χ1) is 8.83. The minimum absolute atomic E-state index is 0.388. The van der Waals surface area contributed by atoms with Gasteiger partial charge >= 0.3 is 5.97 Å². The SMILES string of the molecule is CC(C)(C)OC(=O)c1csc2c(Cl)ccc(C=O)c12. The minimum Gasteiger partial charge on any atom is -0.456 e. The highest BCUT2D eigenvalue weighted by Gasteiger charge is 2.22. The quantitative estimate of drug-likeness (QED) is 0.612. The number of carbonyl (C=O) groups excluding carboxylic acids is 2. The average Bonchev–Trinajstić information content (AvgIpc) is 2.73. The fourth-order valence-corrected chi connectivity index (χ4v) is 2.99. The maximum absolute atomic E-state index is 12.1. The van der Waals surface area contributed by atoms with Crippen LogP contribution in [-0.2, 0) is 4.74 Å².